The van der Waals surface area contributed by atoms with Gasteiger partial charge in [-0.15, -0.1) is 11.3 Å². The fraction of sp³-hybridized carbons (Fsp3) is 0.174. The van der Waals surface area contributed by atoms with Crippen molar-refractivity contribution < 1.29 is 19.1 Å². The predicted octanol–water partition coefficient (Wildman–Crippen LogP) is 3.30. The number of benzene rings is 2. The van der Waals surface area contributed by atoms with Crippen LogP contribution in [0, 0.1) is 0 Å². The maximum atomic E-state index is 12.7. The molecule has 2 aromatic carbocycles. The van der Waals surface area contributed by atoms with Crippen molar-refractivity contribution in [2.24, 2.45) is 0 Å². The quantitative estimate of drug-likeness (QED) is 0.469. The molecule has 2 aliphatic heterocycles. The number of aromatic nitrogens is 1. The third-order valence-corrected chi connectivity index (χ3v) is 6.34. The van der Waals surface area contributed by atoms with E-state index in [0.29, 0.717) is 47.4 Å². The Hall–Kier alpha value is -3.85. The Morgan fingerprint density at radius 1 is 1.16 bits per heavy atom. The number of amides is 2. The predicted molar refractivity (Wildman–Crippen MR) is 122 cm³/mol. The lowest BCUT2D eigenvalue weighted by Crippen LogP contribution is -2.34. The van der Waals surface area contributed by atoms with Crippen LogP contribution in [0.25, 0.3) is 6.08 Å². The molecule has 9 heteroatoms. The molecule has 0 atom stereocenters. The number of thiazole rings is 1. The molecular weight excluding hydrogens is 428 g/mol. The van der Waals surface area contributed by atoms with Crippen LogP contribution < -0.4 is 20.5 Å². The first-order valence-electron chi connectivity index (χ1n) is 10.1. The van der Waals surface area contributed by atoms with Crippen molar-refractivity contribution >= 4 is 40.6 Å². The van der Waals surface area contributed by atoms with E-state index in [1.807, 2.05) is 18.2 Å². The Bertz CT molecular complexity index is 1240. The van der Waals surface area contributed by atoms with Gasteiger partial charge in [0, 0.05) is 23.9 Å². The van der Waals surface area contributed by atoms with Gasteiger partial charge in [0.1, 0.15) is 0 Å². The van der Waals surface area contributed by atoms with Crippen molar-refractivity contribution in [3.05, 3.63) is 69.7 Å². The molecule has 162 valence electrons. The number of carbonyl (C=O) groups is 2. The molecule has 0 bridgehead atoms. The van der Waals surface area contributed by atoms with E-state index >= 15 is 0 Å². The number of fused-ring (bicyclic) bond motifs is 2. The van der Waals surface area contributed by atoms with Gasteiger partial charge in [0.15, 0.2) is 16.5 Å². The van der Waals surface area contributed by atoms with Gasteiger partial charge in [0.25, 0.3) is 5.91 Å². The number of nitrogen functional groups attached to an aromatic ring is 1. The van der Waals surface area contributed by atoms with Gasteiger partial charge in [-0.3, -0.25) is 9.59 Å². The molecule has 2 aliphatic rings. The summed E-state index contributed by atoms with van der Waals surface area (Å²) >= 11 is 1.31. The first-order valence-corrected chi connectivity index (χ1v) is 10.9. The molecule has 3 aromatic rings. The van der Waals surface area contributed by atoms with Gasteiger partial charge in [-0.2, -0.15) is 0 Å². The molecule has 0 spiro atoms. The highest BCUT2D eigenvalue weighted by molar-refractivity contribution is 7.13. The smallest absolute Gasteiger partial charge is 0.284 e. The van der Waals surface area contributed by atoms with E-state index in [4.69, 9.17) is 15.2 Å². The molecule has 2 amide bonds. The first-order chi connectivity index (χ1) is 15.6. The number of ether oxygens (including phenoxy) is 2. The Morgan fingerprint density at radius 2 is 2.00 bits per heavy atom. The van der Waals surface area contributed by atoms with E-state index < -0.39 is 0 Å². The standard InChI is InChI=1S/C23H20N4O4S/c24-15-3-1-2-4-16(15)25-22(29)23-26-17-9-10-27(12-20(17)32-23)21(28)8-6-14-5-7-18-19(11-14)31-13-30-18/h1-8,11H,9-10,12-13,24H2,(H,25,29). The molecule has 3 heterocycles. The van der Waals surface area contributed by atoms with Crippen LogP contribution in [0.4, 0.5) is 11.4 Å². The van der Waals surface area contributed by atoms with E-state index in [9.17, 15) is 9.59 Å². The Morgan fingerprint density at radius 3 is 2.88 bits per heavy atom. The molecular formula is C23H20N4O4S. The lowest BCUT2D eigenvalue weighted by atomic mass is 10.1. The van der Waals surface area contributed by atoms with Gasteiger partial charge in [-0.1, -0.05) is 18.2 Å². The molecule has 0 fully saturated rings. The highest BCUT2D eigenvalue weighted by Gasteiger charge is 2.25. The van der Waals surface area contributed by atoms with Gasteiger partial charge in [0.2, 0.25) is 12.7 Å². The van der Waals surface area contributed by atoms with Crippen LogP contribution in [-0.2, 0) is 17.8 Å². The normalized spacial score (nSPS) is 14.4. The maximum absolute atomic E-state index is 12.7. The molecule has 32 heavy (non-hydrogen) atoms. The average molecular weight is 449 g/mol. The zero-order chi connectivity index (χ0) is 22.1. The zero-order valence-electron chi connectivity index (χ0n) is 17.0. The fourth-order valence-corrected chi connectivity index (χ4v) is 4.58. The number of anilines is 2. The van der Waals surface area contributed by atoms with Gasteiger partial charge < -0.3 is 25.4 Å². The van der Waals surface area contributed by atoms with Gasteiger partial charge >= 0.3 is 0 Å². The second kappa shape index (κ2) is 8.35. The number of nitrogens with one attached hydrogen (secondary N) is 1. The minimum Gasteiger partial charge on any atom is -0.454 e. The van der Waals surface area contributed by atoms with Crippen LogP contribution in [0.15, 0.2) is 48.5 Å². The summed E-state index contributed by atoms with van der Waals surface area (Å²) in [7, 11) is 0. The summed E-state index contributed by atoms with van der Waals surface area (Å²) in [5, 5.41) is 3.16. The Balaban J connectivity index is 1.24. The SMILES string of the molecule is Nc1ccccc1NC(=O)c1nc2c(s1)CN(C(=O)C=Cc1ccc3c(c1)OCO3)CC2. The van der Waals surface area contributed by atoms with Crippen molar-refractivity contribution in [2.75, 3.05) is 24.4 Å². The van der Waals surface area contributed by atoms with Gasteiger partial charge in [0.05, 0.1) is 23.6 Å². The molecule has 0 saturated carbocycles. The summed E-state index contributed by atoms with van der Waals surface area (Å²) in [5.41, 5.74) is 8.67. The van der Waals surface area contributed by atoms with Crippen LogP contribution in [-0.4, -0.2) is 35.0 Å². The van der Waals surface area contributed by atoms with Crippen molar-refractivity contribution in [1.82, 2.24) is 9.88 Å². The number of hydrogen-bond donors (Lipinski definition) is 2. The number of carbonyl (C=O) groups excluding carboxylic acids is 2. The molecule has 5 rings (SSSR count). The number of nitrogens with zero attached hydrogens (tertiary/aromatic N) is 2. The van der Waals surface area contributed by atoms with Crippen LogP contribution >= 0.6 is 11.3 Å². The van der Waals surface area contributed by atoms with Crippen molar-refractivity contribution in [3.63, 3.8) is 0 Å². The van der Waals surface area contributed by atoms with E-state index in [1.54, 1.807) is 41.3 Å². The fourth-order valence-electron chi connectivity index (χ4n) is 3.56. The lowest BCUT2D eigenvalue weighted by Gasteiger charge is -2.24. The Labute approximate surface area is 188 Å². The van der Waals surface area contributed by atoms with Gasteiger partial charge in [-0.05, 0) is 35.9 Å². The lowest BCUT2D eigenvalue weighted by molar-refractivity contribution is -0.126. The molecule has 1 aromatic heterocycles. The highest BCUT2D eigenvalue weighted by Crippen LogP contribution is 2.33. The highest BCUT2D eigenvalue weighted by atomic mass is 32.1. The second-order valence-corrected chi connectivity index (χ2v) is 8.47. The van der Waals surface area contributed by atoms with Gasteiger partial charge in [-0.25, -0.2) is 4.98 Å². The third-order valence-electron chi connectivity index (χ3n) is 5.26. The van der Waals surface area contributed by atoms with Crippen molar-refractivity contribution in [3.8, 4) is 11.5 Å². The van der Waals surface area contributed by atoms with E-state index in [-0.39, 0.29) is 18.6 Å². The molecule has 0 radical (unpaired) electrons. The summed E-state index contributed by atoms with van der Waals surface area (Å²) in [5.74, 6) is 0.986. The second-order valence-electron chi connectivity index (χ2n) is 7.39. The number of rotatable bonds is 4. The van der Waals surface area contributed by atoms with Crippen LogP contribution in [0.2, 0.25) is 0 Å². The van der Waals surface area contributed by atoms with Crippen molar-refractivity contribution in [1.29, 1.82) is 0 Å². The molecule has 0 saturated heterocycles. The summed E-state index contributed by atoms with van der Waals surface area (Å²) in [6, 6.07) is 12.6. The average Bonchev–Trinajstić information content (AvgIpc) is 3.45. The minimum atomic E-state index is -0.303. The van der Waals surface area contributed by atoms with Crippen LogP contribution in [0.1, 0.15) is 25.9 Å². The summed E-state index contributed by atoms with van der Waals surface area (Å²) in [6.07, 6.45) is 3.92. The topological polar surface area (TPSA) is 107 Å². The minimum absolute atomic E-state index is 0.0928. The van der Waals surface area contributed by atoms with E-state index in [0.717, 1.165) is 16.1 Å². The summed E-state index contributed by atoms with van der Waals surface area (Å²) in [4.78, 5) is 32.5. The summed E-state index contributed by atoms with van der Waals surface area (Å²) in [6.45, 7) is 1.19. The first kappa shape index (κ1) is 20.1. The van der Waals surface area contributed by atoms with E-state index in [1.165, 1.54) is 11.3 Å². The van der Waals surface area contributed by atoms with Crippen molar-refractivity contribution in [2.45, 2.75) is 13.0 Å². The largest absolute Gasteiger partial charge is 0.454 e. The zero-order valence-corrected chi connectivity index (χ0v) is 17.9. The molecule has 0 aliphatic carbocycles. The summed E-state index contributed by atoms with van der Waals surface area (Å²) < 4.78 is 10.7. The Kier molecular flexibility index (Phi) is 5.24. The monoisotopic (exact) mass is 448 g/mol. The number of para-hydroxylation sites is 2. The van der Waals surface area contributed by atoms with Crippen LogP contribution in [0.3, 0.4) is 0 Å². The van der Waals surface area contributed by atoms with E-state index in [2.05, 4.69) is 10.3 Å². The number of hydrogen-bond acceptors (Lipinski definition) is 7. The van der Waals surface area contributed by atoms with Crippen LogP contribution in [0.5, 0.6) is 11.5 Å². The third kappa shape index (κ3) is 4.02. The molecule has 8 nitrogen and oxygen atoms in total. The molecule has 3 N–H and O–H groups in total. The maximum Gasteiger partial charge on any atom is 0.284 e. The number of nitrogens with two attached hydrogens (primary N) is 1. The molecule has 0 unspecified atom stereocenters.